The zero-order valence-corrected chi connectivity index (χ0v) is 18.2. The van der Waals surface area contributed by atoms with Gasteiger partial charge < -0.3 is 18.9 Å². The summed E-state index contributed by atoms with van der Waals surface area (Å²) in [6.07, 6.45) is 2.66. The van der Waals surface area contributed by atoms with Gasteiger partial charge in [-0.05, 0) is 36.4 Å². The molecule has 0 saturated carbocycles. The highest BCUT2D eigenvalue weighted by atomic mass is 16.6. The van der Waals surface area contributed by atoms with Gasteiger partial charge in [0.15, 0.2) is 24.1 Å². The van der Waals surface area contributed by atoms with Crippen LogP contribution in [0.4, 0.5) is 0 Å². The summed E-state index contributed by atoms with van der Waals surface area (Å²) in [5.74, 6) is 1.58. The van der Waals surface area contributed by atoms with Crippen molar-refractivity contribution < 1.29 is 38.1 Å². The first-order valence-corrected chi connectivity index (χ1v) is 10.4. The van der Waals surface area contributed by atoms with Crippen molar-refractivity contribution in [2.75, 3.05) is 26.4 Å². The Morgan fingerprint density at radius 3 is 1.21 bits per heavy atom. The van der Waals surface area contributed by atoms with Crippen molar-refractivity contribution in [3.05, 3.63) is 82.9 Å². The molecule has 0 spiro atoms. The van der Waals surface area contributed by atoms with E-state index in [4.69, 9.17) is 18.9 Å². The minimum Gasteiger partial charge on any atom is -0.489 e. The Morgan fingerprint density at radius 2 is 0.853 bits per heavy atom. The van der Waals surface area contributed by atoms with Crippen molar-refractivity contribution >= 4 is 25.1 Å². The van der Waals surface area contributed by atoms with Crippen LogP contribution in [0.1, 0.15) is 41.4 Å². The van der Waals surface area contributed by atoms with Crippen molar-refractivity contribution in [3.63, 3.8) is 0 Å². The fraction of sp³-hybridized carbons (Fsp3) is 0.154. The summed E-state index contributed by atoms with van der Waals surface area (Å²) in [5.41, 5.74) is 1.48. The lowest BCUT2D eigenvalue weighted by molar-refractivity contribution is 0.110. The summed E-state index contributed by atoms with van der Waals surface area (Å²) in [7, 11) is 0. The molecule has 0 bridgehead atoms. The van der Waals surface area contributed by atoms with Crippen LogP contribution in [0.3, 0.4) is 0 Å². The summed E-state index contributed by atoms with van der Waals surface area (Å²) < 4.78 is 22.7. The van der Waals surface area contributed by atoms with Crippen LogP contribution in [-0.2, 0) is 0 Å². The van der Waals surface area contributed by atoms with Crippen LogP contribution in [0, 0.1) is 0 Å². The van der Waals surface area contributed by atoms with E-state index in [1.807, 2.05) is 0 Å². The first kappa shape index (κ1) is 24.2. The fourth-order valence-corrected chi connectivity index (χ4v) is 2.99. The van der Waals surface area contributed by atoms with E-state index in [-0.39, 0.29) is 26.4 Å². The Hall–Kier alpha value is -4.46. The highest BCUT2D eigenvalue weighted by Crippen LogP contribution is 2.27. The number of para-hydroxylation sites is 2. The Kier molecular flexibility index (Phi) is 8.92. The standard InChI is InChI=1S/C26H22O8/c27-15-19-5-7-21(17-29)25(13-19)33-11-9-31-23-3-1-2-4-24(23)32-10-12-34-26-14-20(16-28)6-8-22(26)18-30/h1-8,13-18H,9-12H2. The van der Waals surface area contributed by atoms with Crippen LogP contribution >= 0.6 is 0 Å². The molecule has 8 heteroatoms. The van der Waals surface area contributed by atoms with E-state index in [0.29, 0.717) is 70.4 Å². The van der Waals surface area contributed by atoms with Crippen LogP contribution < -0.4 is 18.9 Å². The smallest absolute Gasteiger partial charge is 0.161 e. The third-order valence-electron chi connectivity index (χ3n) is 4.65. The van der Waals surface area contributed by atoms with E-state index < -0.39 is 0 Å². The van der Waals surface area contributed by atoms with E-state index in [9.17, 15) is 19.2 Å². The lowest BCUT2D eigenvalue weighted by atomic mass is 10.1. The van der Waals surface area contributed by atoms with Crippen LogP contribution in [0.2, 0.25) is 0 Å². The quantitative estimate of drug-likeness (QED) is 0.263. The third-order valence-corrected chi connectivity index (χ3v) is 4.65. The molecular formula is C26H22O8. The SMILES string of the molecule is O=Cc1ccc(C=O)c(OCCOc2ccccc2OCCOc2cc(C=O)ccc2C=O)c1. The van der Waals surface area contributed by atoms with Gasteiger partial charge in [-0.25, -0.2) is 0 Å². The first-order chi connectivity index (χ1) is 16.7. The van der Waals surface area contributed by atoms with Gasteiger partial charge in [-0.15, -0.1) is 0 Å². The van der Waals surface area contributed by atoms with Crippen LogP contribution in [-0.4, -0.2) is 51.6 Å². The van der Waals surface area contributed by atoms with E-state index in [1.54, 1.807) is 24.3 Å². The number of ether oxygens (including phenoxy) is 4. The zero-order chi connectivity index (χ0) is 24.2. The maximum absolute atomic E-state index is 11.2. The molecule has 0 aromatic heterocycles. The molecule has 0 unspecified atom stereocenters. The maximum Gasteiger partial charge on any atom is 0.161 e. The Labute approximate surface area is 196 Å². The number of hydrogen-bond acceptors (Lipinski definition) is 8. The molecule has 3 rings (SSSR count). The molecule has 0 heterocycles. The van der Waals surface area contributed by atoms with Crippen LogP contribution in [0.5, 0.6) is 23.0 Å². The van der Waals surface area contributed by atoms with Crippen molar-refractivity contribution in [2.45, 2.75) is 0 Å². The Morgan fingerprint density at radius 1 is 0.471 bits per heavy atom. The first-order valence-electron chi connectivity index (χ1n) is 10.4. The zero-order valence-electron chi connectivity index (χ0n) is 18.2. The predicted octanol–water partition coefficient (Wildman–Crippen LogP) is 3.85. The maximum atomic E-state index is 11.2. The molecule has 3 aromatic rings. The van der Waals surface area contributed by atoms with E-state index in [2.05, 4.69) is 0 Å². The summed E-state index contributed by atoms with van der Waals surface area (Å²) >= 11 is 0. The lowest BCUT2D eigenvalue weighted by Gasteiger charge is -2.14. The summed E-state index contributed by atoms with van der Waals surface area (Å²) in [4.78, 5) is 44.2. The molecule has 0 aliphatic carbocycles. The van der Waals surface area contributed by atoms with Crippen LogP contribution in [0.25, 0.3) is 0 Å². The van der Waals surface area contributed by atoms with Gasteiger partial charge >= 0.3 is 0 Å². The minimum absolute atomic E-state index is 0.141. The van der Waals surface area contributed by atoms with Crippen molar-refractivity contribution in [1.29, 1.82) is 0 Å². The van der Waals surface area contributed by atoms with Gasteiger partial charge in [0.25, 0.3) is 0 Å². The Balaban J connectivity index is 1.51. The molecule has 0 fully saturated rings. The van der Waals surface area contributed by atoms with Gasteiger partial charge in [0.1, 0.15) is 50.5 Å². The van der Waals surface area contributed by atoms with Gasteiger partial charge in [0.05, 0.1) is 11.1 Å². The molecule has 0 amide bonds. The van der Waals surface area contributed by atoms with Gasteiger partial charge in [-0.1, -0.05) is 24.3 Å². The van der Waals surface area contributed by atoms with Crippen molar-refractivity contribution in [2.24, 2.45) is 0 Å². The average Bonchev–Trinajstić information content (AvgIpc) is 2.89. The molecule has 3 aromatic carbocycles. The molecule has 174 valence electrons. The molecule has 0 saturated heterocycles. The number of hydrogen-bond donors (Lipinski definition) is 0. The van der Waals surface area contributed by atoms with Gasteiger partial charge in [0, 0.05) is 11.1 Å². The number of benzene rings is 3. The molecule has 34 heavy (non-hydrogen) atoms. The fourth-order valence-electron chi connectivity index (χ4n) is 2.99. The van der Waals surface area contributed by atoms with Crippen molar-refractivity contribution in [3.8, 4) is 23.0 Å². The molecule has 0 atom stereocenters. The van der Waals surface area contributed by atoms with E-state index >= 15 is 0 Å². The number of rotatable bonds is 14. The highest BCUT2D eigenvalue weighted by Gasteiger charge is 2.08. The van der Waals surface area contributed by atoms with Crippen LogP contribution in [0.15, 0.2) is 60.7 Å². The minimum atomic E-state index is 0.141. The number of carbonyl (C=O) groups excluding carboxylic acids is 4. The summed E-state index contributed by atoms with van der Waals surface area (Å²) in [6, 6.07) is 16.2. The van der Waals surface area contributed by atoms with Gasteiger partial charge in [-0.3, -0.25) is 19.2 Å². The Bertz CT molecular complexity index is 1060. The number of aldehydes is 4. The third kappa shape index (κ3) is 6.52. The molecule has 0 N–H and O–H groups in total. The molecule has 0 aliphatic rings. The van der Waals surface area contributed by atoms with E-state index in [0.717, 1.165) is 0 Å². The second kappa shape index (κ2) is 12.5. The second-order valence-corrected chi connectivity index (χ2v) is 6.91. The van der Waals surface area contributed by atoms with E-state index in [1.165, 1.54) is 36.4 Å². The molecule has 0 aliphatic heterocycles. The average molecular weight is 462 g/mol. The summed E-state index contributed by atoms with van der Waals surface area (Å²) in [6.45, 7) is 0.619. The van der Waals surface area contributed by atoms with Gasteiger partial charge in [0.2, 0.25) is 0 Å². The monoisotopic (exact) mass is 462 g/mol. The summed E-state index contributed by atoms with van der Waals surface area (Å²) in [5, 5.41) is 0. The highest BCUT2D eigenvalue weighted by molar-refractivity contribution is 5.84. The number of carbonyl (C=O) groups is 4. The molecular weight excluding hydrogens is 440 g/mol. The molecule has 0 radical (unpaired) electrons. The molecule has 8 nitrogen and oxygen atoms in total. The predicted molar refractivity (Wildman–Crippen MR) is 123 cm³/mol. The normalized spacial score (nSPS) is 10.1. The van der Waals surface area contributed by atoms with Gasteiger partial charge in [-0.2, -0.15) is 0 Å². The second-order valence-electron chi connectivity index (χ2n) is 6.91. The van der Waals surface area contributed by atoms with Crippen molar-refractivity contribution in [1.82, 2.24) is 0 Å². The topological polar surface area (TPSA) is 105 Å². The largest absolute Gasteiger partial charge is 0.489 e. The lowest BCUT2D eigenvalue weighted by Crippen LogP contribution is -2.13.